The lowest BCUT2D eigenvalue weighted by Crippen LogP contribution is -2.55. The first kappa shape index (κ1) is 23.3. The second kappa shape index (κ2) is 13.4. The zero-order chi connectivity index (χ0) is 17.1. The Morgan fingerprint density at radius 1 is 1.16 bits per heavy atom. The fourth-order valence-electron chi connectivity index (χ4n) is 3.81. The van der Waals surface area contributed by atoms with Crippen LogP contribution in [0, 0.1) is 0 Å². The van der Waals surface area contributed by atoms with Gasteiger partial charge < -0.3 is 15.4 Å². The molecule has 2 rings (SSSR count). The van der Waals surface area contributed by atoms with Crippen molar-refractivity contribution in [1.82, 2.24) is 15.5 Å². The summed E-state index contributed by atoms with van der Waals surface area (Å²) in [5.74, 6) is 3.52. The molecule has 1 aliphatic heterocycles. The van der Waals surface area contributed by atoms with Crippen LogP contribution in [0.15, 0.2) is 4.99 Å². The van der Waals surface area contributed by atoms with Crippen LogP contribution >= 0.6 is 35.7 Å². The minimum Gasteiger partial charge on any atom is -0.385 e. The average Bonchev–Trinajstić information content (AvgIpc) is 2.64. The molecule has 2 N–H and O–H groups in total. The van der Waals surface area contributed by atoms with Crippen molar-refractivity contribution in [3.8, 4) is 0 Å². The van der Waals surface area contributed by atoms with Crippen molar-refractivity contribution >= 4 is 41.7 Å². The van der Waals surface area contributed by atoms with Crippen molar-refractivity contribution in [2.45, 2.75) is 51.0 Å². The second-order valence-corrected chi connectivity index (χ2v) is 8.08. The quantitative estimate of drug-likeness (QED) is 0.240. The fraction of sp³-hybridized carbons (Fsp3) is 0.944. The molecule has 1 saturated heterocycles. The van der Waals surface area contributed by atoms with E-state index in [9.17, 15) is 0 Å². The molecule has 25 heavy (non-hydrogen) atoms. The van der Waals surface area contributed by atoms with E-state index >= 15 is 0 Å². The standard InChI is InChI=1S/C18H36N4OS.HI/c1-3-19-17(20-10-7-13-23-2)21-16-18(8-5-4-6-9-18)22-11-14-24-15-12-22;/h3-16H2,1-2H3,(H2,19,20,21);1H. The van der Waals surface area contributed by atoms with Gasteiger partial charge in [0.1, 0.15) is 0 Å². The number of nitrogens with zero attached hydrogens (tertiary/aromatic N) is 2. The molecule has 0 amide bonds. The molecule has 0 aromatic heterocycles. The maximum Gasteiger partial charge on any atom is 0.191 e. The van der Waals surface area contributed by atoms with E-state index in [1.807, 2.05) is 0 Å². The fourth-order valence-corrected chi connectivity index (χ4v) is 4.72. The molecule has 0 spiro atoms. The van der Waals surface area contributed by atoms with E-state index in [0.717, 1.165) is 38.6 Å². The second-order valence-electron chi connectivity index (χ2n) is 6.85. The van der Waals surface area contributed by atoms with Crippen molar-refractivity contribution in [1.29, 1.82) is 0 Å². The highest BCUT2D eigenvalue weighted by atomic mass is 127. The number of hydrogen-bond donors (Lipinski definition) is 2. The molecule has 1 saturated carbocycles. The lowest BCUT2D eigenvalue weighted by molar-refractivity contribution is 0.0671. The van der Waals surface area contributed by atoms with Gasteiger partial charge in [-0.3, -0.25) is 9.89 Å². The zero-order valence-electron chi connectivity index (χ0n) is 16.0. The first-order valence-electron chi connectivity index (χ1n) is 9.65. The van der Waals surface area contributed by atoms with Gasteiger partial charge in [0.15, 0.2) is 5.96 Å². The predicted molar refractivity (Wildman–Crippen MR) is 121 cm³/mol. The van der Waals surface area contributed by atoms with Crippen molar-refractivity contribution in [2.24, 2.45) is 4.99 Å². The summed E-state index contributed by atoms with van der Waals surface area (Å²) in [7, 11) is 1.75. The zero-order valence-corrected chi connectivity index (χ0v) is 19.2. The van der Waals surface area contributed by atoms with Gasteiger partial charge in [-0.05, 0) is 26.2 Å². The van der Waals surface area contributed by atoms with Crippen LogP contribution in [-0.2, 0) is 4.74 Å². The molecule has 1 aliphatic carbocycles. The predicted octanol–water partition coefficient (Wildman–Crippen LogP) is 2.95. The van der Waals surface area contributed by atoms with Gasteiger partial charge in [-0.25, -0.2) is 0 Å². The molecular weight excluding hydrogens is 447 g/mol. The molecule has 7 heteroatoms. The molecule has 148 valence electrons. The minimum atomic E-state index is 0. The number of thioether (sulfide) groups is 1. The maximum atomic E-state index is 5.13. The summed E-state index contributed by atoms with van der Waals surface area (Å²) in [5, 5.41) is 6.85. The lowest BCUT2D eigenvalue weighted by Gasteiger charge is -2.47. The molecule has 0 aromatic rings. The molecule has 0 atom stereocenters. The maximum absolute atomic E-state index is 5.13. The highest BCUT2D eigenvalue weighted by molar-refractivity contribution is 14.0. The van der Waals surface area contributed by atoms with Crippen LogP contribution in [0.3, 0.4) is 0 Å². The monoisotopic (exact) mass is 484 g/mol. The summed E-state index contributed by atoms with van der Waals surface area (Å²) in [6, 6.07) is 0. The smallest absolute Gasteiger partial charge is 0.191 e. The van der Waals surface area contributed by atoms with Crippen LogP contribution in [0.5, 0.6) is 0 Å². The molecule has 0 unspecified atom stereocenters. The van der Waals surface area contributed by atoms with Crippen molar-refractivity contribution in [2.75, 3.05) is 57.9 Å². The Bertz CT molecular complexity index is 372. The summed E-state index contributed by atoms with van der Waals surface area (Å²) >= 11 is 2.10. The van der Waals surface area contributed by atoms with Gasteiger partial charge in [-0.2, -0.15) is 11.8 Å². The molecule has 5 nitrogen and oxygen atoms in total. The van der Waals surface area contributed by atoms with Gasteiger partial charge in [0.2, 0.25) is 0 Å². The van der Waals surface area contributed by atoms with Gasteiger partial charge in [0.25, 0.3) is 0 Å². The normalized spacial score (nSPS) is 21.4. The first-order valence-corrected chi connectivity index (χ1v) is 10.8. The minimum absolute atomic E-state index is 0. The van der Waals surface area contributed by atoms with Crippen molar-refractivity contribution in [3.63, 3.8) is 0 Å². The third kappa shape index (κ3) is 7.81. The SMILES string of the molecule is CCNC(=NCC1(N2CCSCC2)CCCCC1)NCCCOC.I. The Morgan fingerprint density at radius 3 is 2.52 bits per heavy atom. The number of methoxy groups -OCH3 is 1. The largest absolute Gasteiger partial charge is 0.385 e. The lowest BCUT2D eigenvalue weighted by atomic mass is 9.80. The van der Waals surface area contributed by atoms with Crippen LogP contribution in [0.1, 0.15) is 45.4 Å². The molecule has 0 radical (unpaired) electrons. The average molecular weight is 484 g/mol. The number of rotatable bonds is 8. The van der Waals surface area contributed by atoms with Crippen LogP contribution < -0.4 is 10.6 Å². The molecule has 2 aliphatic rings. The summed E-state index contributed by atoms with van der Waals surface area (Å²) < 4.78 is 5.13. The van der Waals surface area contributed by atoms with Crippen LogP contribution in [-0.4, -0.2) is 74.3 Å². The molecule has 1 heterocycles. The highest BCUT2D eigenvalue weighted by Gasteiger charge is 2.38. The van der Waals surface area contributed by atoms with Crippen LogP contribution in [0.2, 0.25) is 0 Å². The number of nitrogens with one attached hydrogen (secondary N) is 2. The summed E-state index contributed by atoms with van der Waals surface area (Å²) in [5.41, 5.74) is 0.300. The van der Waals surface area contributed by atoms with Gasteiger partial charge in [0, 0.05) is 56.9 Å². The van der Waals surface area contributed by atoms with Crippen LogP contribution in [0.25, 0.3) is 0 Å². The Hall–Kier alpha value is 0.270. The summed E-state index contributed by atoms with van der Waals surface area (Å²) in [4.78, 5) is 7.74. The van der Waals surface area contributed by atoms with Crippen molar-refractivity contribution < 1.29 is 4.74 Å². The number of aliphatic imine (C=N–C) groups is 1. The van der Waals surface area contributed by atoms with E-state index in [1.165, 1.54) is 56.7 Å². The van der Waals surface area contributed by atoms with E-state index in [-0.39, 0.29) is 24.0 Å². The molecular formula is C18H37IN4OS. The Balaban J connectivity index is 0.00000312. The number of halogens is 1. The van der Waals surface area contributed by atoms with Crippen molar-refractivity contribution in [3.05, 3.63) is 0 Å². The Morgan fingerprint density at radius 2 is 1.88 bits per heavy atom. The van der Waals surface area contributed by atoms with Gasteiger partial charge >= 0.3 is 0 Å². The topological polar surface area (TPSA) is 48.9 Å². The van der Waals surface area contributed by atoms with Gasteiger partial charge in [-0.15, -0.1) is 24.0 Å². The Kier molecular flexibility index (Phi) is 12.5. The van der Waals surface area contributed by atoms with E-state index in [0.29, 0.717) is 5.54 Å². The van der Waals surface area contributed by atoms with Gasteiger partial charge in [-0.1, -0.05) is 19.3 Å². The highest BCUT2D eigenvalue weighted by Crippen LogP contribution is 2.35. The van der Waals surface area contributed by atoms with E-state index in [1.54, 1.807) is 7.11 Å². The summed E-state index contributed by atoms with van der Waals surface area (Å²) in [6.45, 7) is 8.14. The number of hydrogen-bond acceptors (Lipinski definition) is 4. The first-order chi connectivity index (χ1) is 11.8. The van der Waals surface area contributed by atoms with E-state index in [4.69, 9.17) is 9.73 Å². The van der Waals surface area contributed by atoms with E-state index in [2.05, 4.69) is 34.2 Å². The molecule has 2 fully saturated rings. The molecule has 0 bridgehead atoms. The summed E-state index contributed by atoms with van der Waals surface area (Å²) in [6.07, 6.45) is 7.74. The van der Waals surface area contributed by atoms with Gasteiger partial charge in [0.05, 0.1) is 6.54 Å². The molecule has 0 aromatic carbocycles. The van der Waals surface area contributed by atoms with E-state index < -0.39 is 0 Å². The Labute approximate surface area is 175 Å². The van der Waals surface area contributed by atoms with Crippen LogP contribution in [0.4, 0.5) is 0 Å². The third-order valence-corrected chi connectivity index (χ3v) is 6.10. The third-order valence-electron chi connectivity index (χ3n) is 5.16. The number of ether oxygens (including phenoxy) is 1. The number of guanidine groups is 1.